The van der Waals surface area contributed by atoms with Crippen LogP contribution in [-0.4, -0.2) is 24.2 Å². The molecule has 0 radical (unpaired) electrons. The first-order valence-electron chi connectivity index (χ1n) is 14.3. The minimum Gasteiger partial charge on any atom is -0.493 e. The van der Waals surface area contributed by atoms with E-state index in [-0.39, 0.29) is 6.42 Å². The van der Waals surface area contributed by atoms with E-state index in [4.69, 9.17) is 27.9 Å². The second-order valence-corrected chi connectivity index (χ2v) is 11.1. The Balaban J connectivity index is 1.77. The van der Waals surface area contributed by atoms with Crippen LogP contribution in [0.1, 0.15) is 80.2 Å². The third-order valence-electron chi connectivity index (χ3n) is 7.51. The van der Waals surface area contributed by atoms with Crippen LogP contribution in [0.5, 0.6) is 5.75 Å². The first kappa shape index (κ1) is 31.3. The van der Waals surface area contributed by atoms with Gasteiger partial charge in [0.15, 0.2) is 0 Å². The number of nitrogens with two attached hydrogens (primary N) is 2. The van der Waals surface area contributed by atoms with Crippen molar-refractivity contribution in [1.82, 2.24) is 0 Å². The number of anilines is 2. The molecule has 0 aliphatic rings. The molecule has 0 aliphatic carbocycles. The molecule has 0 saturated heterocycles. The molecular weight excluding hydrogens is 522 g/mol. The van der Waals surface area contributed by atoms with Crippen LogP contribution in [0.25, 0.3) is 0 Å². The first-order valence-corrected chi connectivity index (χ1v) is 14.7. The number of halogens is 1. The molecule has 5 N–H and O–H groups in total. The third kappa shape index (κ3) is 8.15. The third-order valence-corrected chi connectivity index (χ3v) is 7.93. The summed E-state index contributed by atoms with van der Waals surface area (Å²) < 4.78 is 5.93. The number of nitrogens with zero attached hydrogens (tertiary/aromatic N) is 1. The van der Waals surface area contributed by atoms with Crippen LogP contribution >= 0.6 is 11.6 Å². The van der Waals surface area contributed by atoms with E-state index in [1.165, 1.54) is 21.7 Å². The number of aryl methyl sites for hydroxylation is 2. The molecule has 0 bridgehead atoms. The van der Waals surface area contributed by atoms with Crippen molar-refractivity contribution in [1.29, 1.82) is 0 Å². The number of carboxylic acids is 1. The summed E-state index contributed by atoms with van der Waals surface area (Å²) in [5.41, 5.74) is 12.6. The monoisotopic (exact) mass is 565 g/mol. The van der Waals surface area contributed by atoms with Crippen LogP contribution in [0.4, 0.5) is 11.4 Å². The molecule has 0 heterocycles. The summed E-state index contributed by atoms with van der Waals surface area (Å²) in [6.45, 7) is 9.73. The highest BCUT2D eigenvalue weighted by Gasteiger charge is 2.24. The Bertz CT molecular complexity index is 1280. The highest BCUT2D eigenvalue weighted by atomic mass is 35.5. The van der Waals surface area contributed by atoms with Crippen molar-refractivity contribution in [2.45, 2.75) is 72.1 Å². The number of aliphatic carboxylic acids is 1. The summed E-state index contributed by atoms with van der Waals surface area (Å²) in [4.78, 5) is 11.9. The Morgan fingerprint density at radius 2 is 1.85 bits per heavy atom. The summed E-state index contributed by atoms with van der Waals surface area (Å²) >= 11 is 6.72. The van der Waals surface area contributed by atoms with Crippen molar-refractivity contribution in [3.63, 3.8) is 0 Å². The van der Waals surface area contributed by atoms with Gasteiger partial charge in [0.25, 0.3) is 0 Å². The summed E-state index contributed by atoms with van der Waals surface area (Å²) in [5.74, 6) is 6.20. The summed E-state index contributed by atoms with van der Waals surface area (Å²) in [5, 5.41) is 11.6. The number of nitrogen functional groups attached to an aromatic ring is 1. The second kappa shape index (κ2) is 15.0. The van der Waals surface area contributed by atoms with Crippen molar-refractivity contribution < 1.29 is 14.6 Å². The Morgan fingerprint density at radius 3 is 2.55 bits per heavy atom. The number of hydrazine groups is 1. The van der Waals surface area contributed by atoms with Gasteiger partial charge in [0.2, 0.25) is 0 Å². The molecule has 3 aromatic rings. The van der Waals surface area contributed by atoms with Crippen LogP contribution in [0.2, 0.25) is 5.02 Å². The van der Waals surface area contributed by atoms with Gasteiger partial charge in [0.1, 0.15) is 5.75 Å². The molecule has 0 spiro atoms. The van der Waals surface area contributed by atoms with E-state index in [0.29, 0.717) is 34.4 Å². The van der Waals surface area contributed by atoms with Gasteiger partial charge in [-0.05, 0) is 85.4 Å². The van der Waals surface area contributed by atoms with E-state index in [2.05, 4.69) is 51.1 Å². The van der Waals surface area contributed by atoms with E-state index >= 15 is 0 Å². The molecule has 0 amide bonds. The van der Waals surface area contributed by atoms with E-state index in [0.717, 1.165) is 50.0 Å². The predicted octanol–water partition coefficient (Wildman–Crippen LogP) is 7.53. The van der Waals surface area contributed by atoms with Gasteiger partial charge < -0.3 is 20.6 Å². The van der Waals surface area contributed by atoms with Crippen molar-refractivity contribution in [3.05, 3.63) is 87.4 Å². The standard InChI is InChI=1S/C33H44ClN3O3/c1-5-18-40-30-13-8-7-11-24(30)12-9-10-22(3)19-26-20-25(15-14-23(26)4)28(21-31(38)39)27-16-17-29(37(36)6-2)33(35)32(27)34/h7-8,11,13-17,20,22,28H,5-6,9-10,12,18-19,21,35-36H2,1-4H3,(H,38,39). The van der Waals surface area contributed by atoms with Crippen molar-refractivity contribution in [2.75, 3.05) is 23.9 Å². The largest absolute Gasteiger partial charge is 0.493 e. The number of hydrogen-bond acceptors (Lipinski definition) is 5. The van der Waals surface area contributed by atoms with Gasteiger partial charge >= 0.3 is 5.97 Å². The van der Waals surface area contributed by atoms with Crippen LogP contribution < -0.4 is 21.3 Å². The van der Waals surface area contributed by atoms with Crippen LogP contribution in [0.15, 0.2) is 54.6 Å². The van der Waals surface area contributed by atoms with Gasteiger partial charge in [0.05, 0.1) is 29.4 Å². The summed E-state index contributed by atoms with van der Waals surface area (Å²) in [7, 11) is 0. The summed E-state index contributed by atoms with van der Waals surface area (Å²) in [6.07, 6.45) is 4.97. The lowest BCUT2D eigenvalue weighted by Crippen LogP contribution is -2.31. The molecule has 0 aliphatic heterocycles. The molecule has 3 rings (SSSR count). The van der Waals surface area contributed by atoms with Crippen molar-refractivity contribution >= 4 is 28.9 Å². The Kier molecular flexibility index (Phi) is 11.7. The van der Waals surface area contributed by atoms with Crippen LogP contribution in [0, 0.1) is 12.8 Å². The average molecular weight is 566 g/mol. The zero-order chi connectivity index (χ0) is 29.2. The molecule has 216 valence electrons. The van der Waals surface area contributed by atoms with Crippen molar-refractivity contribution in [3.8, 4) is 5.75 Å². The Hall–Kier alpha value is -3.22. The number of ether oxygens (including phenoxy) is 1. The number of carboxylic acid groups (broad SMARTS) is 1. The van der Waals surface area contributed by atoms with E-state index < -0.39 is 11.9 Å². The zero-order valence-electron chi connectivity index (χ0n) is 24.3. The van der Waals surface area contributed by atoms with E-state index in [1.807, 2.05) is 31.2 Å². The molecule has 0 fully saturated rings. The normalized spacial score (nSPS) is 12.7. The quantitative estimate of drug-likeness (QED) is 0.1000. The van der Waals surface area contributed by atoms with E-state index in [9.17, 15) is 9.90 Å². The maximum atomic E-state index is 11.9. The smallest absolute Gasteiger partial charge is 0.304 e. The van der Waals surface area contributed by atoms with Gasteiger partial charge in [0, 0.05) is 12.5 Å². The van der Waals surface area contributed by atoms with Crippen molar-refractivity contribution in [2.24, 2.45) is 11.8 Å². The first-order chi connectivity index (χ1) is 19.2. The fraction of sp³-hybridized carbons (Fsp3) is 0.424. The molecule has 6 nitrogen and oxygen atoms in total. The fourth-order valence-electron chi connectivity index (χ4n) is 5.18. The molecule has 2 unspecified atom stereocenters. The number of para-hydroxylation sites is 1. The van der Waals surface area contributed by atoms with Gasteiger partial charge in [-0.2, -0.15) is 0 Å². The van der Waals surface area contributed by atoms with E-state index in [1.54, 1.807) is 0 Å². The minimum absolute atomic E-state index is 0.0871. The number of carbonyl (C=O) groups is 1. The molecule has 7 heteroatoms. The predicted molar refractivity (Wildman–Crippen MR) is 166 cm³/mol. The number of rotatable bonds is 15. The molecule has 3 aromatic carbocycles. The minimum atomic E-state index is -0.892. The second-order valence-electron chi connectivity index (χ2n) is 10.7. The van der Waals surface area contributed by atoms with Gasteiger partial charge in [-0.25, -0.2) is 5.84 Å². The average Bonchev–Trinajstić information content (AvgIpc) is 2.93. The van der Waals surface area contributed by atoms with Gasteiger partial charge in [-0.3, -0.25) is 4.79 Å². The Morgan fingerprint density at radius 1 is 1.10 bits per heavy atom. The lowest BCUT2D eigenvalue weighted by molar-refractivity contribution is -0.137. The molecule has 2 atom stereocenters. The lowest BCUT2D eigenvalue weighted by atomic mass is 9.84. The highest BCUT2D eigenvalue weighted by Crippen LogP contribution is 2.40. The fourth-order valence-corrected chi connectivity index (χ4v) is 5.47. The van der Waals surface area contributed by atoms with Gasteiger partial charge in [-0.15, -0.1) is 0 Å². The number of hydrogen-bond donors (Lipinski definition) is 3. The van der Waals surface area contributed by atoms with Gasteiger partial charge in [-0.1, -0.05) is 74.3 Å². The van der Waals surface area contributed by atoms with Crippen LogP contribution in [-0.2, 0) is 17.6 Å². The van der Waals surface area contributed by atoms with Crippen LogP contribution in [0.3, 0.4) is 0 Å². The maximum Gasteiger partial charge on any atom is 0.304 e. The molecule has 0 saturated carbocycles. The lowest BCUT2D eigenvalue weighted by Gasteiger charge is -2.24. The summed E-state index contributed by atoms with van der Waals surface area (Å²) in [6, 6.07) is 18.2. The molecule has 40 heavy (non-hydrogen) atoms. The zero-order valence-corrected chi connectivity index (χ0v) is 25.0. The number of benzene rings is 3. The topological polar surface area (TPSA) is 102 Å². The molecule has 0 aromatic heterocycles. The molecular formula is C33H44ClN3O3. The highest BCUT2D eigenvalue weighted by molar-refractivity contribution is 6.34. The maximum absolute atomic E-state index is 11.9. The Labute approximate surface area is 244 Å². The SMILES string of the molecule is CCCOc1ccccc1CCCC(C)Cc1cc(C(CC(=O)O)c2ccc(N(N)CC)c(N)c2Cl)ccc1C.